The van der Waals surface area contributed by atoms with Crippen molar-refractivity contribution in [3.63, 3.8) is 0 Å². The number of anilines is 1. The molecule has 0 aliphatic heterocycles. The molecule has 1 heterocycles. The van der Waals surface area contributed by atoms with Gasteiger partial charge in [-0.25, -0.2) is 8.42 Å². The summed E-state index contributed by atoms with van der Waals surface area (Å²) in [5.41, 5.74) is 0.568. The molecule has 0 unspecified atom stereocenters. The molecule has 0 atom stereocenters. The fraction of sp³-hybridized carbons (Fsp3) is 0.250. The monoisotopic (exact) mass is 297 g/mol. The summed E-state index contributed by atoms with van der Waals surface area (Å²) in [4.78, 5) is -0.0112. The molecular weight excluding hydrogens is 282 g/mol. The van der Waals surface area contributed by atoms with Crippen LogP contribution < -0.4 is 9.46 Å². The first-order valence-corrected chi connectivity index (χ1v) is 7.25. The van der Waals surface area contributed by atoms with Crippen molar-refractivity contribution >= 4 is 15.8 Å². The van der Waals surface area contributed by atoms with Gasteiger partial charge >= 0.3 is 0 Å². The molecule has 0 saturated carbocycles. The first-order chi connectivity index (χ1) is 9.46. The van der Waals surface area contributed by atoms with Crippen LogP contribution in [0.25, 0.3) is 0 Å². The van der Waals surface area contributed by atoms with E-state index in [4.69, 9.17) is 9.84 Å². The third-order valence-electron chi connectivity index (χ3n) is 2.65. The highest BCUT2D eigenvalue weighted by Gasteiger charge is 2.20. The third kappa shape index (κ3) is 2.91. The quantitative estimate of drug-likeness (QED) is 0.848. The number of hydrogen-bond donors (Lipinski definition) is 2. The predicted octanol–water partition coefficient (Wildman–Crippen LogP) is 0.722. The topological polar surface area (TPSA) is 93.5 Å². The second-order valence-electron chi connectivity index (χ2n) is 4.12. The van der Waals surface area contributed by atoms with Gasteiger partial charge in [-0.15, -0.1) is 0 Å². The molecule has 1 aromatic carbocycles. The van der Waals surface area contributed by atoms with Gasteiger partial charge in [-0.3, -0.25) is 9.40 Å². The van der Waals surface area contributed by atoms with Crippen molar-refractivity contribution in [1.29, 1.82) is 0 Å². The molecule has 2 aromatic rings. The summed E-state index contributed by atoms with van der Waals surface area (Å²) in [5, 5.41) is 13.0. The van der Waals surface area contributed by atoms with Gasteiger partial charge in [0, 0.05) is 19.3 Å². The summed E-state index contributed by atoms with van der Waals surface area (Å²) in [6.45, 7) is -0.190. The van der Waals surface area contributed by atoms with Crippen LogP contribution in [0.1, 0.15) is 5.56 Å². The Morgan fingerprint density at radius 1 is 1.40 bits per heavy atom. The molecule has 1 aromatic heterocycles. The van der Waals surface area contributed by atoms with E-state index >= 15 is 0 Å². The fourth-order valence-corrected chi connectivity index (χ4v) is 2.84. The molecule has 20 heavy (non-hydrogen) atoms. The number of aryl methyl sites for hydroxylation is 1. The van der Waals surface area contributed by atoms with E-state index in [-0.39, 0.29) is 23.1 Å². The molecule has 7 nitrogen and oxygen atoms in total. The number of nitrogens with zero attached hydrogens (tertiary/aromatic N) is 2. The zero-order chi connectivity index (χ0) is 14.8. The summed E-state index contributed by atoms with van der Waals surface area (Å²) in [7, 11) is -0.740. The van der Waals surface area contributed by atoms with Gasteiger partial charge in [0.15, 0.2) is 5.82 Å². The first kappa shape index (κ1) is 14.4. The van der Waals surface area contributed by atoms with Crippen LogP contribution >= 0.6 is 0 Å². The van der Waals surface area contributed by atoms with Crippen molar-refractivity contribution < 1.29 is 18.3 Å². The van der Waals surface area contributed by atoms with Crippen LogP contribution in [0.4, 0.5) is 5.82 Å². The van der Waals surface area contributed by atoms with Crippen molar-refractivity contribution in [2.45, 2.75) is 11.5 Å². The molecule has 8 heteroatoms. The average molecular weight is 297 g/mol. The van der Waals surface area contributed by atoms with Crippen LogP contribution in [0.3, 0.4) is 0 Å². The smallest absolute Gasteiger partial charge is 0.266 e. The molecule has 2 rings (SSSR count). The van der Waals surface area contributed by atoms with Gasteiger partial charge in [0.05, 0.1) is 13.7 Å². The summed E-state index contributed by atoms with van der Waals surface area (Å²) in [5.74, 6) is 0.390. The molecule has 0 saturated heterocycles. The Balaban J connectivity index is 2.38. The second kappa shape index (κ2) is 5.51. The Bertz CT molecular complexity index is 709. The number of aliphatic hydroxyl groups excluding tert-OH is 1. The van der Waals surface area contributed by atoms with E-state index in [0.29, 0.717) is 5.56 Å². The first-order valence-electron chi connectivity index (χ1n) is 5.76. The van der Waals surface area contributed by atoms with Crippen molar-refractivity contribution in [2.24, 2.45) is 7.05 Å². The second-order valence-corrected chi connectivity index (χ2v) is 5.77. The number of ether oxygens (including phenoxy) is 1. The van der Waals surface area contributed by atoms with Crippen LogP contribution in [0, 0.1) is 0 Å². The van der Waals surface area contributed by atoms with Crippen LogP contribution in [-0.4, -0.2) is 30.4 Å². The van der Waals surface area contributed by atoms with Crippen LogP contribution in [-0.2, 0) is 23.7 Å². The van der Waals surface area contributed by atoms with E-state index in [0.717, 1.165) is 0 Å². The van der Waals surface area contributed by atoms with Crippen LogP contribution in [0.2, 0.25) is 0 Å². The van der Waals surface area contributed by atoms with Crippen molar-refractivity contribution in [2.75, 3.05) is 11.8 Å². The van der Waals surface area contributed by atoms with Gasteiger partial charge in [-0.1, -0.05) is 6.07 Å². The lowest BCUT2D eigenvalue weighted by atomic mass is 10.2. The Labute approximate surface area is 116 Å². The third-order valence-corrected chi connectivity index (χ3v) is 4.05. The highest BCUT2D eigenvalue weighted by molar-refractivity contribution is 7.92. The largest absolute Gasteiger partial charge is 0.495 e. The zero-order valence-corrected chi connectivity index (χ0v) is 11.9. The molecule has 0 bridgehead atoms. The Morgan fingerprint density at radius 3 is 2.70 bits per heavy atom. The number of hydrogen-bond acceptors (Lipinski definition) is 5. The molecule has 0 aliphatic carbocycles. The standard InChI is InChI=1S/C12H15N3O4S/c1-15-6-5-12(13-15)14-20(17,18)11-4-3-9(8-16)7-10(11)19-2/h3-7,16H,8H2,1-2H3,(H,13,14). The molecule has 0 fully saturated rings. The van der Waals surface area contributed by atoms with E-state index in [1.807, 2.05) is 0 Å². The van der Waals surface area contributed by atoms with E-state index in [1.165, 1.54) is 30.0 Å². The van der Waals surface area contributed by atoms with E-state index in [9.17, 15) is 8.42 Å². The van der Waals surface area contributed by atoms with Crippen molar-refractivity contribution in [1.82, 2.24) is 9.78 Å². The van der Waals surface area contributed by atoms with Gasteiger partial charge in [0.2, 0.25) is 0 Å². The number of methoxy groups -OCH3 is 1. The molecule has 2 N–H and O–H groups in total. The van der Waals surface area contributed by atoms with E-state index in [1.54, 1.807) is 19.3 Å². The van der Waals surface area contributed by atoms with E-state index in [2.05, 4.69) is 9.82 Å². The highest BCUT2D eigenvalue weighted by atomic mass is 32.2. The van der Waals surface area contributed by atoms with Gasteiger partial charge in [-0.05, 0) is 17.7 Å². The lowest BCUT2D eigenvalue weighted by Gasteiger charge is -2.11. The Kier molecular flexibility index (Phi) is 3.96. The summed E-state index contributed by atoms with van der Waals surface area (Å²) in [6.07, 6.45) is 1.63. The normalized spacial score (nSPS) is 11.3. The number of nitrogens with one attached hydrogen (secondary N) is 1. The maximum absolute atomic E-state index is 12.3. The molecular formula is C12H15N3O4S. The fourth-order valence-electron chi connectivity index (χ4n) is 1.69. The number of aromatic nitrogens is 2. The molecule has 0 spiro atoms. The minimum atomic E-state index is -3.80. The minimum Gasteiger partial charge on any atom is -0.495 e. The van der Waals surface area contributed by atoms with Crippen molar-refractivity contribution in [3.05, 3.63) is 36.0 Å². The van der Waals surface area contributed by atoms with E-state index < -0.39 is 10.0 Å². The zero-order valence-electron chi connectivity index (χ0n) is 11.1. The SMILES string of the molecule is COc1cc(CO)ccc1S(=O)(=O)Nc1ccn(C)n1. The van der Waals surface area contributed by atoms with Crippen LogP contribution in [0.15, 0.2) is 35.4 Å². The molecule has 108 valence electrons. The number of sulfonamides is 1. The molecule has 0 aliphatic rings. The van der Waals surface area contributed by atoms with Gasteiger partial charge in [0.1, 0.15) is 10.6 Å². The summed E-state index contributed by atoms with van der Waals surface area (Å²) in [6, 6.07) is 5.93. The number of rotatable bonds is 5. The minimum absolute atomic E-state index is 0.0112. The summed E-state index contributed by atoms with van der Waals surface area (Å²) < 4.78 is 33.5. The molecule has 0 radical (unpaired) electrons. The van der Waals surface area contributed by atoms with Gasteiger partial charge < -0.3 is 9.84 Å². The average Bonchev–Trinajstić information content (AvgIpc) is 2.82. The summed E-state index contributed by atoms with van der Waals surface area (Å²) >= 11 is 0. The number of aliphatic hydroxyl groups is 1. The maximum Gasteiger partial charge on any atom is 0.266 e. The maximum atomic E-state index is 12.3. The van der Waals surface area contributed by atoms with Crippen molar-refractivity contribution in [3.8, 4) is 5.75 Å². The lowest BCUT2D eigenvalue weighted by molar-refractivity contribution is 0.280. The van der Waals surface area contributed by atoms with Crippen LogP contribution in [0.5, 0.6) is 5.75 Å². The van der Waals surface area contributed by atoms with Gasteiger partial charge in [0.25, 0.3) is 10.0 Å². The molecule has 0 amide bonds. The highest BCUT2D eigenvalue weighted by Crippen LogP contribution is 2.26. The lowest BCUT2D eigenvalue weighted by Crippen LogP contribution is -2.14. The Morgan fingerprint density at radius 2 is 2.15 bits per heavy atom. The van der Waals surface area contributed by atoms with Gasteiger partial charge in [-0.2, -0.15) is 5.10 Å². The predicted molar refractivity (Wildman–Crippen MR) is 72.9 cm³/mol. The number of benzene rings is 1. The Hall–Kier alpha value is -2.06.